The van der Waals surface area contributed by atoms with Gasteiger partial charge in [0, 0.05) is 25.7 Å². The van der Waals surface area contributed by atoms with E-state index in [0.29, 0.717) is 18.1 Å². The fourth-order valence-electron chi connectivity index (χ4n) is 2.83. The molecule has 1 heterocycles. The minimum absolute atomic E-state index is 0.353. The Morgan fingerprint density at radius 2 is 2.13 bits per heavy atom. The number of hydrogen-bond acceptors (Lipinski definition) is 3. The second-order valence-electron chi connectivity index (χ2n) is 5.24. The highest BCUT2D eigenvalue weighted by Gasteiger charge is 2.36. The molecule has 2 unspecified atom stereocenters. The van der Waals surface area contributed by atoms with Crippen molar-refractivity contribution in [2.45, 2.75) is 50.8 Å². The molecule has 3 heteroatoms. The third-order valence-corrected chi connectivity index (χ3v) is 4.15. The van der Waals surface area contributed by atoms with Crippen LogP contribution < -0.4 is 5.73 Å². The van der Waals surface area contributed by atoms with Crippen molar-refractivity contribution in [3.05, 3.63) is 0 Å². The second kappa shape index (κ2) is 4.81. The summed E-state index contributed by atoms with van der Waals surface area (Å²) >= 11 is 0. The average Bonchev–Trinajstić information content (AvgIpc) is 2.16. The van der Waals surface area contributed by atoms with Crippen LogP contribution in [0.1, 0.15) is 32.6 Å². The highest BCUT2D eigenvalue weighted by Crippen LogP contribution is 2.31. The summed E-state index contributed by atoms with van der Waals surface area (Å²) in [4.78, 5) is 2.63. The molecule has 0 aromatic carbocycles. The van der Waals surface area contributed by atoms with E-state index in [9.17, 15) is 0 Å². The molecule has 0 bridgehead atoms. The number of methoxy groups -OCH3 is 1. The monoisotopic (exact) mass is 212 g/mol. The Morgan fingerprint density at radius 1 is 1.40 bits per heavy atom. The first kappa shape index (κ1) is 11.4. The van der Waals surface area contributed by atoms with E-state index in [1.807, 2.05) is 7.11 Å². The zero-order chi connectivity index (χ0) is 10.8. The first-order valence-corrected chi connectivity index (χ1v) is 6.23. The number of likely N-dealkylation sites (tertiary alicyclic amines) is 1. The predicted octanol–water partition coefficient (Wildman–Crippen LogP) is 1.22. The average molecular weight is 212 g/mol. The van der Waals surface area contributed by atoms with E-state index in [1.165, 1.54) is 38.8 Å². The van der Waals surface area contributed by atoms with E-state index in [1.54, 1.807) is 0 Å². The van der Waals surface area contributed by atoms with Gasteiger partial charge in [-0.25, -0.2) is 0 Å². The van der Waals surface area contributed by atoms with E-state index in [-0.39, 0.29) is 0 Å². The van der Waals surface area contributed by atoms with Gasteiger partial charge in [-0.2, -0.15) is 0 Å². The molecule has 88 valence electrons. The van der Waals surface area contributed by atoms with Crippen LogP contribution in [0.25, 0.3) is 0 Å². The zero-order valence-electron chi connectivity index (χ0n) is 9.98. The summed E-state index contributed by atoms with van der Waals surface area (Å²) in [5, 5.41) is 0. The fourth-order valence-corrected chi connectivity index (χ4v) is 2.83. The predicted molar refractivity (Wildman–Crippen MR) is 61.8 cm³/mol. The van der Waals surface area contributed by atoms with Gasteiger partial charge >= 0.3 is 0 Å². The lowest BCUT2D eigenvalue weighted by atomic mass is 9.84. The Labute approximate surface area is 93.0 Å². The Hall–Kier alpha value is -0.120. The fraction of sp³-hybridized carbons (Fsp3) is 1.00. The van der Waals surface area contributed by atoms with Crippen molar-refractivity contribution < 1.29 is 4.74 Å². The quantitative estimate of drug-likeness (QED) is 0.764. The van der Waals surface area contributed by atoms with Gasteiger partial charge in [0.05, 0.1) is 6.10 Å². The molecule has 15 heavy (non-hydrogen) atoms. The minimum Gasteiger partial charge on any atom is -0.381 e. The van der Waals surface area contributed by atoms with E-state index in [2.05, 4.69) is 11.8 Å². The van der Waals surface area contributed by atoms with Gasteiger partial charge in [-0.05, 0) is 45.1 Å². The topological polar surface area (TPSA) is 38.5 Å². The lowest BCUT2D eigenvalue weighted by molar-refractivity contribution is -0.0399. The highest BCUT2D eigenvalue weighted by molar-refractivity contribution is 4.91. The standard InChI is InChI=1S/C12H24N2O/c1-9(13)10-4-3-5-14(8-10)11-6-12(7-11)15-2/h9-12H,3-8,13H2,1-2H3. The van der Waals surface area contributed by atoms with Gasteiger partial charge < -0.3 is 10.5 Å². The number of piperidine rings is 1. The molecule has 0 spiro atoms. The summed E-state index contributed by atoms with van der Waals surface area (Å²) in [6.07, 6.45) is 5.60. The first-order valence-electron chi connectivity index (χ1n) is 6.23. The van der Waals surface area contributed by atoms with Crippen LogP contribution >= 0.6 is 0 Å². The zero-order valence-corrected chi connectivity index (χ0v) is 9.98. The lowest BCUT2D eigenvalue weighted by Gasteiger charge is -2.46. The molecule has 2 fully saturated rings. The van der Waals surface area contributed by atoms with Crippen molar-refractivity contribution in [2.24, 2.45) is 11.7 Å². The molecule has 2 aliphatic rings. The normalized spacial score (nSPS) is 39.8. The van der Waals surface area contributed by atoms with Gasteiger partial charge in [-0.1, -0.05) is 0 Å². The van der Waals surface area contributed by atoms with Crippen LogP contribution in [0, 0.1) is 5.92 Å². The number of ether oxygens (including phenoxy) is 1. The van der Waals surface area contributed by atoms with E-state index in [4.69, 9.17) is 10.5 Å². The molecule has 1 saturated heterocycles. The molecule has 0 radical (unpaired) electrons. The Bertz CT molecular complexity index is 202. The molecule has 1 aliphatic heterocycles. The van der Waals surface area contributed by atoms with Gasteiger partial charge in [0.15, 0.2) is 0 Å². The van der Waals surface area contributed by atoms with Crippen LogP contribution in [0.2, 0.25) is 0 Å². The van der Waals surface area contributed by atoms with Crippen LogP contribution in [0.4, 0.5) is 0 Å². The summed E-state index contributed by atoms with van der Waals surface area (Å²) in [6.45, 7) is 4.62. The van der Waals surface area contributed by atoms with E-state index in [0.717, 1.165) is 6.04 Å². The third kappa shape index (κ3) is 2.52. The van der Waals surface area contributed by atoms with Crippen LogP contribution in [0.3, 0.4) is 0 Å². The maximum absolute atomic E-state index is 5.99. The molecule has 2 rings (SSSR count). The van der Waals surface area contributed by atoms with Crippen molar-refractivity contribution in [1.82, 2.24) is 4.90 Å². The number of rotatable bonds is 3. The van der Waals surface area contributed by atoms with Gasteiger partial charge in [0.25, 0.3) is 0 Å². The van der Waals surface area contributed by atoms with Crippen molar-refractivity contribution >= 4 is 0 Å². The minimum atomic E-state index is 0.353. The summed E-state index contributed by atoms with van der Waals surface area (Å²) in [5.41, 5.74) is 5.99. The summed E-state index contributed by atoms with van der Waals surface area (Å²) in [7, 11) is 1.82. The van der Waals surface area contributed by atoms with Crippen LogP contribution in [0.5, 0.6) is 0 Å². The van der Waals surface area contributed by atoms with E-state index >= 15 is 0 Å². The molecule has 2 atom stereocenters. The summed E-state index contributed by atoms with van der Waals surface area (Å²) in [5.74, 6) is 0.709. The molecular formula is C12H24N2O. The number of nitrogens with zero attached hydrogens (tertiary/aromatic N) is 1. The van der Waals surface area contributed by atoms with Crippen molar-refractivity contribution in [2.75, 3.05) is 20.2 Å². The Balaban J connectivity index is 1.78. The molecule has 0 amide bonds. The summed E-state index contributed by atoms with van der Waals surface area (Å²) in [6, 6.07) is 1.13. The van der Waals surface area contributed by atoms with Crippen LogP contribution in [0.15, 0.2) is 0 Å². The maximum atomic E-state index is 5.99. The number of hydrogen-bond donors (Lipinski definition) is 1. The highest BCUT2D eigenvalue weighted by atomic mass is 16.5. The Morgan fingerprint density at radius 3 is 2.73 bits per heavy atom. The molecule has 3 nitrogen and oxygen atoms in total. The Kier molecular flexibility index (Phi) is 3.65. The largest absolute Gasteiger partial charge is 0.381 e. The molecule has 1 aliphatic carbocycles. The smallest absolute Gasteiger partial charge is 0.0601 e. The molecular weight excluding hydrogens is 188 g/mol. The second-order valence-corrected chi connectivity index (χ2v) is 5.24. The molecule has 0 aromatic rings. The van der Waals surface area contributed by atoms with Crippen molar-refractivity contribution in [1.29, 1.82) is 0 Å². The van der Waals surface area contributed by atoms with Crippen LogP contribution in [-0.2, 0) is 4.74 Å². The van der Waals surface area contributed by atoms with Crippen LogP contribution in [-0.4, -0.2) is 43.3 Å². The summed E-state index contributed by atoms with van der Waals surface area (Å²) < 4.78 is 5.33. The van der Waals surface area contributed by atoms with Gasteiger partial charge in [-0.15, -0.1) is 0 Å². The lowest BCUT2D eigenvalue weighted by Crippen LogP contribution is -2.53. The molecule has 0 aromatic heterocycles. The maximum Gasteiger partial charge on any atom is 0.0601 e. The van der Waals surface area contributed by atoms with Crippen molar-refractivity contribution in [3.8, 4) is 0 Å². The molecule has 2 N–H and O–H groups in total. The van der Waals surface area contributed by atoms with Gasteiger partial charge in [-0.3, -0.25) is 4.90 Å². The van der Waals surface area contributed by atoms with Gasteiger partial charge in [0.1, 0.15) is 0 Å². The molecule has 1 saturated carbocycles. The van der Waals surface area contributed by atoms with E-state index < -0.39 is 0 Å². The SMILES string of the molecule is COC1CC(N2CCCC(C(C)N)C2)C1. The number of nitrogens with two attached hydrogens (primary N) is 1. The van der Waals surface area contributed by atoms with Crippen molar-refractivity contribution in [3.63, 3.8) is 0 Å². The van der Waals surface area contributed by atoms with Gasteiger partial charge in [0.2, 0.25) is 0 Å². The third-order valence-electron chi connectivity index (χ3n) is 4.15. The first-order chi connectivity index (χ1) is 7.20.